The summed E-state index contributed by atoms with van der Waals surface area (Å²) >= 11 is 0. The summed E-state index contributed by atoms with van der Waals surface area (Å²) in [5.41, 5.74) is 0. The average Bonchev–Trinajstić information content (AvgIpc) is 2.50. The van der Waals surface area contributed by atoms with Crippen molar-refractivity contribution in [2.75, 3.05) is 19.7 Å². The Balaban J connectivity index is 3.33. The van der Waals surface area contributed by atoms with Crippen LogP contribution in [0.5, 0.6) is 0 Å². The van der Waals surface area contributed by atoms with Gasteiger partial charge in [0, 0.05) is 13.0 Å². The number of hydrogen-bond acceptors (Lipinski definition) is 5. The van der Waals surface area contributed by atoms with E-state index in [0.29, 0.717) is 19.4 Å². The highest BCUT2D eigenvalue weighted by molar-refractivity contribution is 5.86. The topological polar surface area (TPSA) is 75.6 Å². The van der Waals surface area contributed by atoms with Crippen molar-refractivity contribution in [2.45, 2.75) is 77.6 Å². The molecule has 0 aromatic rings. The lowest BCUT2D eigenvalue weighted by Crippen LogP contribution is -2.27. The van der Waals surface area contributed by atoms with Crippen LogP contribution in [0.1, 0.15) is 77.6 Å². The molecular formula is C17H33NO4. The zero-order chi connectivity index (χ0) is 16.5. The molecule has 0 spiro atoms. The quantitative estimate of drug-likeness (QED) is 0.276. The summed E-state index contributed by atoms with van der Waals surface area (Å²) in [4.78, 5) is 22.7. The van der Waals surface area contributed by atoms with Crippen molar-refractivity contribution in [3.8, 4) is 0 Å². The van der Waals surface area contributed by atoms with Gasteiger partial charge in [-0.2, -0.15) is 0 Å². The van der Waals surface area contributed by atoms with Gasteiger partial charge in [-0.1, -0.05) is 58.3 Å². The molecule has 5 heteroatoms. The summed E-state index contributed by atoms with van der Waals surface area (Å²) in [6.45, 7) is 2.86. The van der Waals surface area contributed by atoms with Gasteiger partial charge in [0.25, 0.3) is 0 Å². The van der Waals surface area contributed by atoms with Crippen LogP contribution in [0.25, 0.3) is 0 Å². The predicted molar refractivity (Wildman–Crippen MR) is 87.5 cm³/mol. The molecule has 0 radical (unpaired) electrons. The molecule has 0 aromatic carbocycles. The molecule has 130 valence electrons. The van der Waals surface area contributed by atoms with Crippen molar-refractivity contribution >= 4 is 11.9 Å². The summed E-state index contributed by atoms with van der Waals surface area (Å²) in [6.07, 6.45) is 11.6. The number of ether oxygens (including phenoxy) is 1. The molecule has 0 aliphatic rings. The van der Waals surface area contributed by atoms with Gasteiger partial charge >= 0.3 is 11.9 Å². The number of aliphatic hydroxyl groups is 1. The van der Waals surface area contributed by atoms with Crippen molar-refractivity contribution in [2.24, 2.45) is 0 Å². The van der Waals surface area contributed by atoms with Gasteiger partial charge in [-0.25, -0.2) is 0 Å². The maximum Gasteiger partial charge on any atom is 0.327 e. The number of hydrogen-bond donors (Lipinski definition) is 2. The zero-order valence-electron chi connectivity index (χ0n) is 14.1. The van der Waals surface area contributed by atoms with Crippen LogP contribution in [-0.4, -0.2) is 36.7 Å². The maximum atomic E-state index is 11.4. The third kappa shape index (κ3) is 15.4. The maximum absolute atomic E-state index is 11.4. The predicted octanol–water partition coefficient (Wildman–Crippen LogP) is 2.95. The van der Waals surface area contributed by atoms with E-state index < -0.39 is 11.9 Å². The molecular weight excluding hydrogens is 282 g/mol. The van der Waals surface area contributed by atoms with Crippen LogP contribution in [-0.2, 0) is 14.3 Å². The third-order valence-electron chi connectivity index (χ3n) is 3.49. The molecule has 0 atom stereocenters. The molecule has 0 bridgehead atoms. The minimum absolute atomic E-state index is 0.0174. The van der Waals surface area contributed by atoms with Crippen LogP contribution in [0.2, 0.25) is 0 Å². The van der Waals surface area contributed by atoms with Gasteiger partial charge in [0.2, 0.25) is 0 Å². The Bertz CT molecular complexity index is 282. The van der Waals surface area contributed by atoms with Crippen molar-refractivity contribution < 1.29 is 19.4 Å². The molecule has 0 aromatic heterocycles. The second kappa shape index (κ2) is 16.4. The highest BCUT2D eigenvalue weighted by atomic mass is 16.6. The van der Waals surface area contributed by atoms with Crippen molar-refractivity contribution in [3.05, 3.63) is 0 Å². The molecule has 22 heavy (non-hydrogen) atoms. The number of unbranched alkanes of at least 4 members (excludes halogenated alkanes) is 8. The minimum Gasteiger partial charge on any atom is -0.396 e. The second-order valence-electron chi connectivity index (χ2n) is 5.68. The Kier molecular flexibility index (Phi) is 15.7. The van der Waals surface area contributed by atoms with E-state index in [0.717, 1.165) is 19.3 Å². The molecule has 0 rings (SSSR count). The fourth-order valence-corrected chi connectivity index (χ4v) is 2.19. The van der Waals surface area contributed by atoms with Gasteiger partial charge in [-0.15, -0.1) is 0 Å². The first kappa shape index (κ1) is 21.1. The molecule has 2 N–H and O–H groups in total. The molecule has 0 saturated carbocycles. The Morgan fingerprint density at radius 3 is 2.05 bits per heavy atom. The zero-order valence-corrected chi connectivity index (χ0v) is 14.1. The lowest BCUT2D eigenvalue weighted by molar-refractivity contribution is -0.159. The van der Waals surface area contributed by atoms with E-state index in [1.165, 1.54) is 38.5 Å². The van der Waals surface area contributed by atoms with Crippen LogP contribution >= 0.6 is 0 Å². The standard InChI is InChI=1S/C17H33NO4/c1-2-3-4-5-6-7-8-9-10-12-16(20)22-17(21)15-18-13-11-14-19/h18-19H,2-15H2,1H3. The average molecular weight is 315 g/mol. The van der Waals surface area contributed by atoms with E-state index in [1.807, 2.05) is 0 Å². The fourth-order valence-electron chi connectivity index (χ4n) is 2.19. The number of esters is 2. The van der Waals surface area contributed by atoms with Crippen molar-refractivity contribution in [1.29, 1.82) is 0 Å². The van der Waals surface area contributed by atoms with Gasteiger partial charge in [0.05, 0.1) is 6.54 Å². The number of aliphatic hydroxyl groups excluding tert-OH is 1. The lowest BCUT2D eigenvalue weighted by atomic mass is 10.1. The summed E-state index contributed by atoms with van der Waals surface area (Å²) in [6, 6.07) is 0. The van der Waals surface area contributed by atoms with Crippen LogP contribution < -0.4 is 5.32 Å². The van der Waals surface area contributed by atoms with E-state index in [4.69, 9.17) is 9.84 Å². The largest absolute Gasteiger partial charge is 0.396 e. The first-order valence-electron chi connectivity index (χ1n) is 8.75. The normalized spacial score (nSPS) is 10.6. The van der Waals surface area contributed by atoms with E-state index in [2.05, 4.69) is 12.2 Å². The van der Waals surface area contributed by atoms with Gasteiger partial charge in [0.1, 0.15) is 0 Å². The Morgan fingerprint density at radius 1 is 0.864 bits per heavy atom. The molecule has 0 aliphatic heterocycles. The van der Waals surface area contributed by atoms with Gasteiger partial charge in [-0.3, -0.25) is 9.59 Å². The number of carbonyl (C=O) groups is 2. The number of carbonyl (C=O) groups excluding carboxylic acids is 2. The van der Waals surface area contributed by atoms with E-state index in [1.54, 1.807) is 0 Å². The highest BCUT2D eigenvalue weighted by Gasteiger charge is 2.09. The molecule has 5 nitrogen and oxygen atoms in total. The molecule has 0 aliphatic carbocycles. The first-order chi connectivity index (χ1) is 10.7. The van der Waals surface area contributed by atoms with Gasteiger partial charge < -0.3 is 15.2 Å². The van der Waals surface area contributed by atoms with Crippen molar-refractivity contribution in [3.63, 3.8) is 0 Å². The molecule has 0 heterocycles. The summed E-state index contributed by atoms with van der Waals surface area (Å²) in [7, 11) is 0. The van der Waals surface area contributed by atoms with Crippen LogP contribution in [0, 0.1) is 0 Å². The highest BCUT2D eigenvalue weighted by Crippen LogP contribution is 2.10. The lowest BCUT2D eigenvalue weighted by Gasteiger charge is -2.04. The van der Waals surface area contributed by atoms with E-state index in [-0.39, 0.29) is 13.2 Å². The van der Waals surface area contributed by atoms with Crippen molar-refractivity contribution in [1.82, 2.24) is 5.32 Å². The molecule has 0 amide bonds. The Labute approximate surface area is 134 Å². The van der Waals surface area contributed by atoms with E-state index >= 15 is 0 Å². The number of nitrogens with one attached hydrogen (secondary N) is 1. The summed E-state index contributed by atoms with van der Waals surface area (Å²) < 4.78 is 4.70. The van der Waals surface area contributed by atoms with Crippen LogP contribution in [0.15, 0.2) is 0 Å². The Morgan fingerprint density at radius 2 is 1.45 bits per heavy atom. The smallest absolute Gasteiger partial charge is 0.327 e. The SMILES string of the molecule is CCCCCCCCCCCC(=O)OC(=O)CNCCCO. The summed E-state index contributed by atoms with van der Waals surface area (Å²) in [5.74, 6) is -0.976. The molecule has 0 saturated heterocycles. The van der Waals surface area contributed by atoms with Crippen LogP contribution in [0.3, 0.4) is 0 Å². The van der Waals surface area contributed by atoms with Gasteiger partial charge in [-0.05, 0) is 19.4 Å². The second-order valence-corrected chi connectivity index (χ2v) is 5.68. The summed E-state index contributed by atoms with van der Waals surface area (Å²) in [5, 5.41) is 11.4. The monoisotopic (exact) mass is 315 g/mol. The van der Waals surface area contributed by atoms with Gasteiger partial charge in [0.15, 0.2) is 0 Å². The first-order valence-corrected chi connectivity index (χ1v) is 8.75. The number of rotatable bonds is 15. The Hall–Kier alpha value is -0.940. The van der Waals surface area contributed by atoms with Crippen LogP contribution in [0.4, 0.5) is 0 Å². The fraction of sp³-hybridized carbons (Fsp3) is 0.882. The molecule has 0 unspecified atom stereocenters. The minimum atomic E-state index is -0.543. The third-order valence-corrected chi connectivity index (χ3v) is 3.49. The van der Waals surface area contributed by atoms with E-state index in [9.17, 15) is 9.59 Å². The molecule has 0 fully saturated rings.